The third-order valence-corrected chi connectivity index (χ3v) is 2.12. The third kappa shape index (κ3) is 2.68. The number of carbonyl (C=O) groups is 2. The second-order valence-electron chi connectivity index (χ2n) is 3.31. The number of carbonyl (C=O) groups excluding carboxylic acids is 2. The summed E-state index contributed by atoms with van der Waals surface area (Å²) in [7, 11) is 0. The van der Waals surface area contributed by atoms with Gasteiger partial charge in [0, 0.05) is 5.56 Å². The van der Waals surface area contributed by atoms with E-state index in [4.69, 9.17) is 0 Å². The Bertz CT molecular complexity index is 395. The Morgan fingerprint density at radius 1 is 1.12 bits per heavy atom. The first-order valence-corrected chi connectivity index (χ1v) is 4.54. The predicted octanol–water partition coefficient (Wildman–Crippen LogP) is 2.64. The molecular weight excluding hydrogens is 221 g/mol. The molecule has 0 fully saturated rings. The van der Waals surface area contributed by atoms with Crippen molar-refractivity contribution in [3.63, 3.8) is 0 Å². The number of hydrogen-bond donors (Lipinski definition) is 0. The Morgan fingerprint density at radius 3 is 2.06 bits per heavy atom. The zero-order valence-corrected chi connectivity index (χ0v) is 8.41. The molecule has 16 heavy (non-hydrogen) atoms. The Kier molecular flexibility index (Phi) is 3.47. The smallest absolute Gasteiger partial charge is 0.293 e. The molecule has 0 N–H and O–H groups in total. The van der Waals surface area contributed by atoms with Crippen molar-refractivity contribution in [2.45, 2.75) is 13.1 Å². The minimum Gasteiger partial charge on any atom is -0.293 e. The lowest BCUT2D eigenvalue weighted by atomic mass is 9.95. The first-order chi connectivity index (χ1) is 7.34. The van der Waals surface area contributed by atoms with Crippen LogP contribution in [0.15, 0.2) is 30.3 Å². The molecule has 0 unspecified atom stereocenters. The topological polar surface area (TPSA) is 34.1 Å². The highest BCUT2D eigenvalue weighted by atomic mass is 19.4. The molecule has 0 saturated heterocycles. The summed E-state index contributed by atoms with van der Waals surface area (Å²) in [6.07, 6.45) is -4.97. The summed E-state index contributed by atoms with van der Waals surface area (Å²) in [6, 6.07) is 7.44. The molecule has 0 spiro atoms. The molecule has 1 rings (SSSR count). The summed E-state index contributed by atoms with van der Waals surface area (Å²) in [5, 5.41) is 0. The zero-order valence-electron chi connectivity index (χ0n) is 8.41. The lowest BCUT2D eigenvalue weighted by molar-refractivity contribution is -0.173. The van der Waals surface area contributed by atoms with Gasteiger partial charge in [0.05, 0.1) is 5.92 Å². The summed E-state index contributed by atoms with van der Waals surface area (Å²) in [4.78, 5) is 22.3. The maximum Gasteiger partial charge on any atom is 0.450 e. The van der Waals surface area contributed by atoms with Crippen molar-refractivity contribution >= 4 is 11.6 Å². The van der Waals surface area contributed by atoms with Crippen molar-refractivity contribution in [1.82, 2.24) is 0 Å². The van der Waals surface area contributed by atoms with E-state index in [1.165, 1.54) is 24.3 Å². The molecule has 0 aliphatic heterocycles. The SMILES string of the molecule is C[C@@H](C(=O)c1ccccc1)C(=O)C(F)(F)F. The number of benzene rings is 1. The van der Waals surface area contributed by atoms with Gasteiger partial charge in [-0.1, -0.05) is 30.3 Å². The highest BCUT2D eigenvalue weighted by Crippen LogP contribution is 2.23. The summed E-state index contributed by atoms with van der Waals surface area (Å²) >= 11 is 0. The number of alkyl halides is 3. The van der Waals surface area contributed by atoms with E-state index in [1.54, 1.807) is 6.07 Å². The number of rotatable bonds is 3. The summed E-state index contributed by atoms with van der Waals surface area (Å²) < 4.78 is 36.2. The van der Waals surface area contributed by atoms with Gasteiger partial charge in [0.15, 0.2) is 5.78 Å². The quantitative estimate of drug-likeness (QED) is 0.590. The van der Waals surface area contributed by atoms with E-state index in [2.05, 4.69) is 0 Å². The molecule has 0 amide bonds. The van der Waals surface area contributed by atoms with E-state index in [0.29, 0.717) is 0 Å². The van der Waals surface area contributed by atoms with E-state index in [0.717, 1.165) is 6.92 Å². The fourth-order valence-electron chi connectivity index (χ4n) is 1.22. The molecule has 0 aliphatic carbocycles. The van der Waals surface area contributed by atoms with Crippen LogP contribution in [0, 0.1) is 5.92 Å². The molecule has 0 aromatic heterocycles. The van der Waals surface area contributed by atoms with Crippen molar-refractivity contribution in [3.05, 3.63) is 35.9 Å². The number of Topliss-reactive ketones (excluding diaryl/α,β-unsaturated/α-hetero) is 2. The number of ketones is 2. The molecule has 0 heterocycles. The summed E-state index contributed by atoms with van der Waals surface area (Å²) in [6.45, 7) is 0.963. The predicted molar refractivity (Wildman–Crippen MR) is 51.0 cm³/mol. The van der Waals surface area contributed by atoms with E-state index in [9.17, 15) is 22.8 Å². The number of halogens is 3. The third-order valence-electron chi connectivity index (χ3n) is 2.12. The first-order valence-electron chi connectivity index (χ1n) is 4.54. The van der Waals surface area contributed by atoms with Crippen LogP contribution in [0.3, 0.4) is 0 Å². The van der Waals surface area contributed by atoms with Crippen LogP contribution in [-0.2, 0) is 4.79 Å². The molecular formula is C11H9F3O2. The molecule has 2 nitrogen and oxygen atoms in total. The normalized spacial score (nSPS) is 13.2. The monoisotopic (exact) mass is 230 g/mol. The van der Waals surface area contributed by atoms with Crippen LogP contribution in [0.25, 0.3) is 0 Å². The van der Waals surface area contributed by atoms with Crippen LogP contribution in [0.1, 0.15) is 17.3 Å². The van der Waals surface area contributed by atoms with E-state index < -0.39 is 23.7 Å². The average Bonchev–Trinajstić information content (AvgIpc) is 2.26. The molecule has 1 aromatic rings. The van der Waals surface area contributed by atoms with Crippen LogP contribution in [0.4, 0.5) is 13.2 Å². The standard InChI is InChI=1S/C11H9F3O2/c1-7(10(16)11(12,13)14)9(15)8-5-3-2-4-6-8/h2-7H,1H3/t7-/m0/s1. The van der Waals surface area contributed by atoms with Gasteiger partial charge in [-0.25, -0.2) is 0 Å². The average molecular weight is 230 g/mol. The minimum atomic E-state index is -4.97. The summed E-state index contributed by atoms with van der Waals surface area (Å²) in [5.41, 5.74) is 0.104. The van der Waals surface area contributed by atoms with Crippen molar-refractivity contribution in [2.24, 2.45) is 5.92 Å². The van der Waals surface area contributed by atoms with Gasteiger partial charge in [-0.15, -0.1) is 0 Å². The van der Waals surface area contributed by atoms with E-state index in [-0.39, 0.29) is 5.56 Å². The minimum absolute atomic E-state index is 0.104. The van der Waals surface area contributed by atoms with Gasteiger partial charge in [-0.2, -0.15) is 13.2 Å². The fraction of sp³-hybridized carbons (Fsp3) is 0.273. The van der Waals surface area contributed by atoms with Crippen molar-refractivity contribution in [1.29, 1.82) is 0 Å². The fourth-order valence-corrected chi connectivity index (χ4v) is 1.22. The summed E-state index contributed by atoms with van der Waals surface area (Å²) in [5.74, 6) is -4.52. The van der Waals surface area contributed by atoms with Crippen LogP contribution >= 0.6 is 0 Å². The van der Waals surface area contributed by atoms with Gasteiger partial charge in [0.25, 0.3) is 0 Å². The zero-order chi connectivity index (χ0) is 12.3. The highest BCUT2D eigenvalue weighted by molar-refractivity contribution is 6.11. The largest absolute Gasteiger partial charge is 0.450 e. The Labute approximate surface area is 90.1 Å². The second kappa shape index (κ2) is 4.47. The van der Waals surface area contributed by atoms with Crippen molar-refractivity contribution in [3.8, 4) is 0 Å². The van der Waals surface area contributed by atoms with Gasteiger partial charge >= 0.3 is 6.18 Å². The van der Waals surface area contributed by atoms with Gasteiger partial charge in [-0.3, -0.25) is 9.59 Å². The lowest BCUT2D eigenvalue weighted by Crippen LogP contribution is -2.33. The first kappa shape index (κ1) is 12.4. The van der Waals surface area contributed by atoms with Crippen molar-refractivity contribution in [2.75, 3.05) is 0 Å². The molecule has 5 heteroatoms. The Balaban J connectivity index is 2.88. The van der Waals surface area contributed by atoms with Crippen LogP contribution in [0.2, 0.25) is 0 Å². The van der Waals surface area contributed by atoms with Crippen LogP contribution < -0.4 is 0 Å². The lowest BCUT2D eigenvalue weighted by Gasteiger charge is -2.11. The molecule has 1 aromatic carbocycles. The Morgan fingerprint density at radius 2 is 1.62 bits per heavy atom. The molecule has 0 aliphatic rings. The second-order valence-corrected chi connectivity index (χ2v) is 3.31. The van der Waals surface area contributed by atoms with Gasteiger partial charge in [-0.05, 0) is 6.92 Å². The molecule has 0 bridgehead atoms. The van der Waals surface area contributed by atoms with E-state index in [1.807, 2.05) is 0 Å². The highest BCUT2D eigenvalue weighted by Gasteiger charge is 2.44. The van der Waals surface area contributed by atoms with Crippen LogP contribution in [0.5, 0.6) is 0 Å². The van der Waals surface area contributed by atoms with E-state index >= 15 is 0 Å². The molecule has 0 radical (unpaired) electrons. The van der Waals surface area contributed by atoms with Gasteiger partial charge < -0.3 is 0 Å². The van der Waals surface area contributed by atoms with Gasteiger partial charge in [0.1, 0.15) is 0 Å². The molecule has 0 saturated carbocycles. The molecule has 86 valence electrons. The molecule has 1 atom stereocenters. The number of hydrogen-bond acceptors (Lipinski definition) is 2. The maximum absolute atomic E-state index is 12.1. The van der Waals surface area contributed by atoms with Crippen molar-refractivity contribution < 1.29 is 22.8 Å². The maximum atomic E-state index is 12.1. The van der Waals surface area contributed by atoms with Crippen LogP contribution in [-0.4, -0.2) is 17.7 Å². The van der Waals surface area contributed by atoms with Gasteiger partial charge in [0.2, 0.25) is 5.78 Å². The Hall–Kier alpha value is -1.65.